The van der Waals surface area contributed by atoms with Crippen molar-refractivity contribution in [1.29, 1.82) is 0 Å². The number of Topliss-reactive ketones (excluding diaryl/α,β-unsaturated/α-hetero) is 1. The van der Waals surface area contributed by atoms with Crippen LogP contribution < -0.4 is 0 Å². The van der Waals surface area contributed by atoms with Crippen LogP contribution in [0.4, 0.5) is 0 Å². The van der Waals surface area contributed by atoms with Crippen LogP contribution in [0.1, 0.15) is 61.3 Å². The molecule has 0 fully saturated rings. The van der Waals surface area contributed by atoms with Gasteiger partial charge >= 0.3 is 5.97 Å². The van der Waals surface area contributed by atoms with E-state index in [1.54, 1.807) is 6.92 Å². The second-order valence-corrected chi connectivity index (χ2v) is 8.68. The Bertz CT molecular complexity index is 1090. The number of esters is 1. The summed E-state index contributed by atoms with van der Waals surface area (Å²) in [7, 11) is 0. The molecule has 1 aliphatic carbocycles. The number of hydrogen-bond acceptors (Lipinski definition) is 3. The smallest absolute Gasteiger partial charge is 0.306 e. The van der Waals surface area contributed by atoms with Crippen molar-refractivity contribution in [3.8, 4) is 16.9 Å². The summed E-state index contributed by atoms with van der Waals surface area (Å²) in [5.41, 5.74) is 4.95. The summed E-state index contributed by atoms with van der Waals surface area (Å²) < 4.78 is 8.05. The molecule has 1 heterocycles. The Morgan fingerprint density at radius 3 is 2.40 bits per heavy atom. The zero-order valence-electron chi connectivity index (χ0n) is 17.9. The monoisotopic (exact) mass is 401 g/mol. The highest BCUT2D eigenvalue weighted by Crippen LogP contribution is 2.49. The Morgan fingerprint density at radius 2 is 1.77 bits per heavy atom. The molecule has 4 heteroatoms. The molecule has 2 aromatic carbocycles. The third-order valence-corrected chi connectivity index (χ3v) is 5.81. The average Bonchev–Trinajstić information content (AvgIpc) is 3.12. The molecule has 0 radical (unpaired) electrons. The molecule has 4 nitrogen and oxygen atoms in total. The molecule has 0 bridgehead atoms. The van der Waals surface area contributed by atoms with E-state index in [0.29, 0.717) is 18.4 Å². The van der Waals surface area contributed by atoms with E-state index in [4.69, 9.17) is 4.74 Å². The van der Waals surface area contributed by atoms with Crippen molar-refractivity contribution < 1.29 is 14.3 Å². The molecular weight excluding hydrogens is 374 g/mol. The van der Waals surface area contributed by atoms with E-state index in [1.165, 1.54) is 0 Å². The van der Waals surface area contributed by atoms with E-state index in [9.17, 15) is 9.59 Å². The van der Waals surface area contributed by atoms with E-state index in [1.807, 2.05) is 69.3 Å². The first-order chi connectivity index (χ1) is 14.3. The maximum absolute atomic E-state index is 13.1. The number of nitrogens with zero attached hydrogens (tertiary/aromatic N) is 1. The van der Waals surface area contributed by atoms with Crippen LogP contribution in [0.25, 0.3) is 16.9 Å². The van der Waals surface area contributed by atoms with Gasteiger partial charge in [0, 0.05) is 29.5 Å². The first-order valence-corrected chi connectivity index (χ1v) is 10.4. The molecular formula is C26H27NO3. The van der Waals surface area contributed by atoms with E-state index in [0.717, 1.165) is 28.2 Å². The molecule has 0 aliphatic heterocycles. The van der Waals surface area contributed by atoms with Crippen LogP contribution in [0.5, 0.6) is 0 Å². The number of hydrogen-bond donors (Lipinski definition) is 0. The van der Waals surface area contributed by atoms with Crippen LogP contribution in [-0.2, 0) is 9.53 Å². The second kappa shape index (κ2) is 7.60. The molecule has 3 aromatic rings. The summed E-state index contributed by atoms with van der Waals surface area (Å²) in [5.74, 6) is -0.173. The number of carbonyl (C=O) groups is 2. The van der Waals surface area contributed by atoms with Crippen LogP contribution >= 0.6 is 0 Å². The first-order valence-electron chi connectivity index (χ1n) is 10.4. The summed E-state index contributed by atoms with van der Waals surface area (Å²) >= 11 is 0. The highest BCUT2D eigenvalue weighted by atomic mass is 16.5. The minimum absolute atomic E-state index is 0.0850. The lowest BCUT2D eigenvalue weighted by Gasteiger charge is -2.38. The fraction of sp³-hybridized carbons (Fsp3) is 0.308. The van der Waals surface area contributed by atoms with Gasteiger partial charge in [-0.05, 0) is 30.7 Å². The minimum atomic E-state index is -0.503. The minimum Gasteiger partial charge on any atom is -0.455 e. The van der Waals surface area contributed by atoms with Gasteiger partial charge in [-0.3, -0.25) is 9.59 Å². The number of benzene rings is 2. The molecule has 1 atom stereocenters. The van der Waals surface area contributed by atoms with Gasteiger partial charge in [-0.1, -0.05) is 68.8 Å². The molecule has 0 N–H and O–H groups in total. The van der Waals surface area contributed by atoms with Crippen molar-refractivity contribution in [3.63, 3.8) is 0 Å². The van der Waals surface area contributed by atoms with E-state index >= 15 is 0 Å². The maximum atomic E-state index is 13.1. The van der Waals surface area contributed by atoms with Crippen LogP contribution in [-0.4, -0.2) is 16.3 Å². The fourth-order valence-corrected chi connectivity index (χ4v) is 4.20. The molecule has 0 saturated heterocycles. The van der Waals surface area contributed by atoms with E-state index in [-0.39, 0.29) is 11.8 Å². The highest BCUT2D eigenvalue weighted by molar-refractivity contribution is 6.01. The van der Waals surface area contributed by atoms with Crippen molar-refractivity contribution in [2.75, 3.05) is 0 Å². The largest absolute Gasteiger partial charge is 0.455 e. The summed E-state index contributed by atoms with van der Waals surface area (Å²) in [4.78, 5) is 25.4. The number of carbonyl (C=O) groups excluding carboxylic acids is 2. The van der Waals surface area contributed by atoms with E-state index < -0.39 is 11.5 Å². The first kappa shape index (κ1) is 20.1. The van der Waals surface area contributed by atoms with Crippen molar-refractivity contribution in [3.05, 3.63) is 77.5 Å². The third kappa shape index (κ3) is 3.47. The predicted octanol–water partition coefficient (Wildman–Crippen LogP) is 6.06. The lowest BCUT2D eigenvalue weighted by atomic mass is 9.73. The molecule has 4 rings (SSSR count). The Hall–Kier alpha value is -3.14. The number of rotatable bonds is 4. The van der Waals surface area contributed by atoms with E-state index in [2.05, 4.69) is 16.7 Å². The second-order valence-electron chi connectivity index (χ2n) is 8.68. The molecule has 30 heavy (non-hydrogen) atoms. The summed E-state index contributed by atoms with van der Waals surface area (Å²) in [6, 6.07) is 20.2. The summed E-state index contributed by atoms with van der Waals surface area (Å²) in [5, 5.41) is 0. The van der Waals surface area contributed by atoms with Gasteiger partial charge in [0.15, 0.2) is 5.78 Å². The standard InChI is InChI=1S/C26H27NO3/c1-5-23(29)30-25-24-20(22(28)16-26(25,3)4)15-21(18-9-7-6-8-10-18)27(24)19-13-11-17(2)12-14-19/h6-15,25H,5,16H2,1-4H3/t25-/m1/s1. The number of aryl methyl sites for hydroxylation is 1. The van der Waals surface area contributed by atoms with Crippen LogP contribution in [0.2, 0.25) is 0 Å². The van der Waals surface area contributed by atoms with Gasteiger partial charge in [0.25, 0.3) is 0 Å². The zero-order valence-corrected chi connectivity index (χ0v) is 17.9. The van der Waals surface area contributed by atoms with Gasteiger partial charge in [0.2, 0.25) is 0 Å². The number of ketones is 1. The van der Waals surface area contributed by atoms with Gasteiger partial charge in [-0.25, -0.2) is 0 Å². The normalized spacial score (nSPS) is 17.5. The van der Waals surface area contributed by atoms with Gasteiger partial charge < -0.3 is 9.30 Å². The number of fused-ring (bicyclic) bond motifs is 1. The Balaban J connectivity index is 2.02. The lowest BCUT2D eigenvalue weighted by Crippen LogP contribution is -2.35. The third-order valence-electron chi connectivity index (χ3n) is 5.81. The Kier molecular flexibility index (Phi) is 5.10. The van der Waals surface area contributed by atoms with Gasteiger partial charge in [0.05, 0.1) is 11.4 Å². The fourth-order valence-electron chi connectivity index (χ4n) is 4.20. The molecule has 0 unspecified atom stereocenters. The summed E-state index contributed by atoms with van der Waals surface area (Å²) in [6.07, 6.45) is 0.136. The van der Waals surface area contributed by atoms with Crippen LogP contribution in [0.15, 0.2) is 60.7 Å². The molecule has 154 valence electrons. The molecule has 1 aromatic heterocycles. The van der Waals surface area contributed by atoms with Gasteiger partial charge in [0.1, 0.15) is 6.10 Å². The van der Waals surface area contributed by atoms with Crippen molar-refractivity contribution in [2.45, 2.75) is 46.6 Å². The molecule has 0 amide bonds. The number of aromatic nitrogens is 1. The SMILES string of the molecule is CCC(=O)O[C@@H]1c2c(cc(-c3ccccc3)n2-c2ccc(C)cc2)C(=O)CC1(C)C. The number of ether oxygens (including phenoxy) is 1. The Labute approximate surface area is 177 Å². The zero-order chi connectivity index (χ0) is 21.5. The van der Waals surface area contributed by atoms with Gasteiger partial charge in [-0.15, -0.1) is 0 Å². The van der Waals surface area contributed by atoms with Crippen molar-refractivity contribution in [1.82, 2.24) is 4.57 Å². The quantitative estimate of drug-likeness (QED) is 0.499. The van der Waals surface area contributed by atoms with Crippen LogP contribution in [0.3, 0.4) is 0 Å². The van der Waals surface area contributed by atoms with Crippen molar-refractivity contribution >= 4 is 11.8 Å². The predicted molar refractivity (Wildman–Crippen MR) is 118 cm³/mol. The molecule has 0 saturated carbocycles. The molecule has 1 aliphatic rings. The summed E-state index contributed by atoms with van der Waals surface area (Å²) in [6.45, 7) is 7.83. The maximum Gasteiger partial charge on any atom is 0.306 e. The van der Waals surface area contributed by atoms with Crippen LogP contribution in [0, 0.1) is 12.3 Å². The van der Waals surface area contributed by atoms with Crippen molar-refractivity contribution in [2.24, 2.45) is 5.41 Å². The topological polar surface area (TPSA) is 48.3 Å². The van der Waals surface area contributed by atoms with Gasteiger partial charge in [-0.2, -0.15) is 0 Å². The highest BCUT2D eigenvalue weighted by Gasteiger charge is 2.45. The molecule has 0 spiro atoms. The lowest BCUT2D eigenvalue weighted by molar-refractivity contribution is -0.156. The Morgan fingerprint density at radius 1 is 1.10 bits per heavy atom. The average molecular weight is 402 g/mol.